The molecule has 1 aliphatic rings. The van der Waals surface area contributed by atoms with Crippen LogP contribution in [0.4, 0.5) is 0 Å². The van der Waals surface area contributed by atoms with Gasteiger partial charge in [0.25, 0.3) is 0 Å². The van der Waals surface area contributed by atoms with E-state index in [9.17, 15) is 4.79 Å². The maximum absolute atomic E-state index is 12.4. The number of unbranched alkanes of at least 4 members (excludes halogenated alkanes) is 13. The second-order valence-corrected chi connectivity index (χ2v) is 8.78. The second-order valence-electron chi connectivity index (χ2n) is 8.78. The van der Waals surface area contributed by atoms with Gasteiger partial charge in [0, 0.05) is 6.54 Å². The van der Waals surface area contributed by atoms with Crippen LogP contribution in [0.15, 0.2) is 0 Å². The SMILES string of the molecule is CCCCCCCCCCCCCCCCOC(=O)C1(CN)CCCCC1.Cl. The highest BCUT2D eigenvalue weighted by Gasteiger charge is 2.39. The average molecular weight is 418 g/mol. The minimum absolute atomic E-state index is 0. The van der Waals surface area contributed by atoms with Crippen LogP contribution in [0.3, 0.4) is 0 Å². The molecule has 0 heterocycles. The smallest absolute Gasteiger partial charge is 0.313 e. The summed E-state index contributed by atoms with van der Waals surface area (Å²) in [5.41, 5.74) is 5.53. The molecular formula is C24H48ClNO2. The molecule has 0 aliphatic heterocycles. The largest absolute Gasteiger partial charge is 0.465 e. The number of nitrogens with two attached hydrogens (primary N) is 1. The molecule has 3 nitrogen and oxygen atoms in total. The fraction of sp³-hybridized carbons (Fsp3) is 0.958. The monoisotopic (exact) mass is 417 g/mol. The minimum Gasteiger partial charge on any atom is -0.465 e. The lowest BCUT2D eigenvalue weighted by molar-refractivity contribution is -0.157. The Morgan fingerprint density at radius 3 is 1.61 bits per heavy atom. The molecule has 0 saturated heterocycles. The Balaban J connectivity index is 0.00000729. The number of esters is 1. The number of halogens is 1. The first-order valence-electron chi connectivity index (χ1n) is 12.1. The van der Waals surface area contributed by atoms with Crippen LogP contribution in [0.1, 0.15) is 129 Å². The molecule has 0 atom stereocenters. The van der Waals surface area contributed by atoms with E-state index in [0.717, 1.165) is 32.1 Å². The van der Waals surface area contributed by atoms with Crippen LogP contribution in [0.5, 0.6) is 0 Å². The summed E-state index contributed by atoms with van der Waals surface area (Å²) in [4.78, 5) is 12.4. The van der Waals surface area contributed by atoms with E-state index in [2.05, 4.69) is 6.92 Å². The van der Waals surface area contributed by atoms with Crippen molar-refractivity contribution in [2.75, 3.05) is 13.2 Å². The molecule has 0 spiro atoms. The predicted molar refractivity (Wildman–Crippen MR) is 123 cm³/mol. The van der Waals surface area contributed by atoms with Gasteiger partial charge in [-0.1, -0.05) is 110 Å². The summed E-state index contributed by atoms with van der Waals surface area (Å²) in [7, 11) is 0. The molecule has 0 aromatic carbocycles. The Bertz CT molecular complexity index is 357. The third-order valence-corrected chi connectivity index (χ3v) is 6.37. The number of rotatable bonds is 17. The summed E-state index contributed by atoms with van der Waals surface area (Å²) in [5, 5.41) is 0. The quantitative estimate of drug-likeness (QED) is 0.199. The van der Waals surface area contributed by atoms with Crippen LogP contribution in [-0.4, -0.2) is 19.1 Å². The van der Waals surface area contributed by atoms with Crippen LogP contribution in [0.2, 0.25) is 0 Å². The Hall–Kier alpha value is -0.280. The van der Waals surface area contributed by atoms with Crippen molar-refractivity contribution in [1.29, 1.82) is 0 Å². The zero-order valence-corrected chi connectivity index (χ0v) is 19.5. The Labute approximate surface area is 181 Å². The number of carbonyl (C=O) groups excluding carboxylic acids is 1. The summed E-state index contributed by atoms with van der Waals surface area (Å²) in [6, 6.07) is 0. The van der Waals surface area contributed by atoms with Crippen molar-refractivity contribution in [3.63, 3.8) is 0 Å². The molecule has 2 N–H and O–H groups in total. The van der Waals surface area contributed by atoms with Gasteiger partial charge in [0.1, 0.15) is 0 Å². The lowest BCUT2D eigenvalue weighted by Gasteiger charge is -2.33. The lowest BCUT2D eigenvalue weighted by atomic mass is 9.74. The van der Waals surface area contributed by atoms with Crippen molar-refractivity contribution in [3.8, 4) is 0 Å². The van der Waals surface area contributed by atoms with Crippen LogP contribution in [0.25, 0.3) is 0 Å². The third kappa shape index (κ3) is 12.3. The molecule has 1 rings (SSSR count). The van der Waals surface area contributed by atoms with E-state index >= 15 is 0 Å². The fourth-order valence-corrected chi connectivity index (χ4v) is 4.33. The zero-order valence-electron chi connectivity index (χ0n) is 18.7. The van der Waals surface area contributed by atoms with E-state index in [1.54, 1.807) is 0 Å². The Kier molecular flexibility index (Phi) is 18.5. The topological polar surface area (TPSA) is 52.3 Å². The first-order valence-corrected chi connectivity index (χ1v) is 12.1. The van der Waals surface area contributed by atoms with Gasteiger partial charge in [-0.15, -0.1) is 12.4 Å². The summed E-state index contributed by atoms with van der Waals surface area (Å²) >= 11 is 0. The molecule has 28 heavy (non-hydrogen) atoms. The number of carbonyl (C=O) groups is 1. The zero-order chi connectivity index (χ0) is 19.6. The van der Waals surface area contributed by atoms with Crippen molar-refractivity contribution in [2.24, 2.45) is 11.1 Å². The molecule has 0 radical (unpaired) electrons. The first kappa shape index (κ1) is 27.7. The van der Waals surface area contributed by atoms with E-state index in [0.29, 0.717) is 13.2 Å². The second kappa shape index (κ2) is 18.7. The number of hydrogen-bond acceptors (Lipinski definition) is 3. The fourth-order valence-electron chi connectivity index (χ4n) is 4.33. The first-order chi connectivity index (χ1) is 13.2. The molecule has 0 aromatic rings. The van der Waals surface area contributed by atoms with E-state index in [1.165, 1.54) is 89.9 Å². The average Bonchev–Trinajstić information content (AvgIpc) is 2.71. The maximum Gasteiger partial charge on any atom is 0.313 e. The standard InChI is InChI=1S/C24H47NO2.ClH/c1-2-3-4-5-6-7-8-9-10-11-12-13-14-18-21-27-23(26)24(22-25)19-16-15-17-20-24;/h2-22,25H2,1H3;1H. The summed E-state index contributed by atoms with van der Waals surface area (Å²) < 4.78 is 5.56. The van der Waals surface area contributed by atoms with Gasteiger partial charge in [-0.25, -0.2) is 0 Å². The molecule has 0 amide bonds. The molecule has 4 heteroatoms. The van der Waals surface area contributed by atoms with Crippen LogP contribution >= 0.6 is 12.4 Å². The molecule has 1 aliphatic carbocycles. The summed E-state index contributed by atoms with van der Waals surface area (Å²) in [6.07, 6.45) is 24.2. The normalized spacial score (nSPS) is 15.8. The van der Waals surface area contributed by atoms with E-state index in [1.807, 2.05) is 0 Å². The van der Waals surface area contributed by atoms with Crippen LogP contribution in [0, 0.1) is 5.41 Å². The Morgan fingerprint density at radius 1 is 0.750 bits per heavy atom. The molecule has 1 fully saturated rings. The highest BCUT2D eigenvalue weighted by atomic mass is 35.5. The van der Waals surface area contributed by atoms with Gasteiger partial charge in [0.15, 0.2) is 0 Å². The molecular weight excluding hydrogens is 370 g/mol. The summed E-state index contributed by atoms with van der Waals surface area (Å²) in [6.45, 7) is 3.31. The van der Waals surface area contributed by atoms with Crippen molar-refractivity contribution < 1.29 is 9.53 Å². The van der Waals surface area contributed by atoms with Crippen molar-refractivity contribution in [1.82, 2.24) is 0 Å². The summed E-state index contributed by atoms with van der Waals surface area (Å²) in [5.74, 6) is -0.0283. The van der Waals surface area contributed by atoms with Gasteiger partial charge < -0.3 is 10.5 Å². The minimum atomic E-state index is -0.367. The van der Waals surface area contributed by atoms with Gasteiger partial charge >= 0.3 is 5.97 Å². The van der Waals surface area contributed by atoms with Gasteiger partial charge in [0.05, 0.1) is 12.0 Å². The molecule has 1 saturated carbocycles. The van der Waals surface area contributed by atoms with E-state index < -0.39 is 0 Å². The molecule has 0 unspecified atom stereocenters. The van der Waals surface area contributed by atoms with Gasteiger partial charge in [-0.2, -0.15) is 0 Å². The van der Waals surface area contributed by atoms with Gasteiger partial charge in [-0.05, 0) is 19.3 Å². The number of hydrogen-bond donors (Lipinski definition) is 1. The van der Waals surface area contributed by atoms with E-state index in [-0.39, 0.29) is 23.8 Å². The predicted octanol–water partition coefficient (Wildman–Crippen LogP) is 7.34. The highest BCUT2D eigenvalue weighted by molar-refractivity contribution is 5.85. The van der Waals surface area contributed by atoms with E-state index in [4.69, 9.17) is 10.5 Å². The van der Waals surface area contributed by atoms with Crippen molar-refractivity contribution in [3.05, 3.63) is 0 Å². The molecule has 168 valence electrons. The van der Waals surface area contributed by atoms with Crippen molar-refractivity contribution in [2.45, 2.75) is 129 Å². The van der Waals surface area contributed by atoms with Gasteiger partial charge in [-0.3, -0.25) is 4.79 Å². The lowest BCUT2D eigenvalue weighted by Crippen LogP contribution is -2.41. The highest BCUT2D eigenvalue weighted by Crippen LogP contribution is 2.36. The number of ether oxygens (including phenoxy) is 1. The van der Waals surface area contributed by atoms with Crippen LogP contribution in [-0.2, 0) is 9.53 Å². The van der Waals surface area contributed by atoms with Crippen molar-refractivity contribution >= 4 is 18.4 Å². The molecule has 0 aromatic heterocycles. The maximum atomic E-state index is 12.4. The Morgan fingerprint density at radius 2 is 1.18 bits per heavy atom. The molecule has 0 bridgehead atoms. The van der Waals surface area contributed by atoms with Gasteiger partial charge in [0.2, 0.25) is 0 Å². The third-order valence-electron chi connectivity index (χ3n) is 6.37. The van der Waals surface area contributed by atoms with Crippen LogP contribution < -0.4 is 5.73 Å².